The Morgan fingerprint density at radius 3 is 2.82 bits per heavy atom. The van der Waals surface area contributed by atoms with E-state index in [-0.39, 0.29) is 11.8 Å². The van der Waals surface area contributed by atoms with Crippen LogP contribution in [0.1, 0.15) is 32.3 Å². The van der Waals surface area contributed by atoms with Crippen LogP contribution in [0.3, 0.4) is 0 Å². The van der Waals surface area contributed by atoms with E-state index in [2.05, 4.69) is 15.6 Å². The maximum Gasteiger partial charge on any atom is 0.305 e. The van der Waals surface area contributed by atoms with Gasteiger partial charge >= 0.3 is 5.97 Å². The summed E-state index contributed by atoms with van der Waals surface area (Å²) in [6.07, 6.45) is 1.05. The molecule has 0 heterocycles. The fourth-order valence-corrected chi connectivity index (χ4v) is 1.82. The molecule has 1 aromatic rings. The van der Waals surface area contributed by atoms with Gasteiger partial charge in [-0.2, -0.15) is 0 Å². The van der Waals surface area contributed by atoms with Crippen LogP contribution >= 0.6 is 0 Å². The topological polar surface area (TPSA) is 62.7 Å². The van der Waals surface area contributed by atoms with Crippen LogP contribution < -0.4 is 10.6 Å². The Morgan fingerprint density at radius 1 is 1.32 bits per heavy atom. The first kappa shape index (κ1) is 17.9. The summed E-state index contributed by atoms with van der Waals surface area (Å²) in [4.78, 5) is 15.6. The van der Waals surface area contributed by atoms with Gasteiger partial charge in [-0.05, 0) is 38.0 Å². The molecule has 0 aliphatic heterocycles. The third-order valence-corrected chi connectivity index (χ3v) is 2.81. The van der Waals surface area contributed by atoms with E-state index in [0.29, 0.717) is 38.5 Å². The number of nitrogens with one attached hydrogen (secondary N) is 2. The van der Waals surface area contributed by atoms with Crippen molar-refractivity contribution in [3.8, 4) is 0 Å². The van der Waals surface area contributed by atoms with E-state index in [1.54, 1.807) is 13.0 Å². The third kappa shape index (κ3) is 7.61. The quantitative estimate of drug-likeness (QED) is 0.334. The monoisotopic (exact) mass is 309 g/mol. The number of carbonyl (C=O) groups is 1. The van der Waals surface area contributed by atoms with Crippen molar-refractivity contribution in [3.63, 3.8) is 0 Å². The van der Waals surface area contributed by atoms with Crippen molar-refractivity contribution in [3.05, 3.63) is 35.6 Å². The summed E-state index contributed by atoms with van der Waals surface area (Å²) in [6, 6.07) is 6.37. The van der Waals surface area contributed by atoms with Crippen LogP contribution in [0.25, 0.3) is 0 Å². The molecule has 0 aliphatic rings. The highest BCUT2D eigenvalue weighted by molar-refractivity contribution is 5.79. The van der Waals surface area contributed by atoms with Gasteiger partial charge in [-0.15, -0.1) is 0 Å². The molecular formula is C16H24FN3O2. The lowest BCUT2D eigenvalue weighted by atomic mass is 10.2. The van der Waals surface area contributed by atoms with Crippen LogP contribution in [0.15, 0.2) is 29.3 Å². The summed E-state index contributed by atoms with van der Waals surface area (Å²) in [5.74, 6) is 0.196. The second-order valence-electron chi connectivity index (χ2n) is 4.66. The zero-order valence-electron chi connectivity index (χ0n) is 13.2. The van der Waals surface area contributed by atoms with Crippen molar-refractivity contribution < 1.29 is 13.9 Å². The molecule has 0 aromatic heterocycles. The molecule has 6 heteroatoms. The number of benzene rings is 1. The number of carbonyl (C=O) groups excluding carboxylic acids is 1. The largest absolute Gasteiger partial charge is 0.466 e. The maximum atomic E-state index is 13.1. The van der Waals surface area contributed by atoms with Gasteiger partial charge in [0.1, 0.15) is 5.82 Å². The van der Waals surface area contributed by atoms with Crippen molar-refractivity contribution >= 4 is 11.9 Å². The molecule has 0 unspecified atom stereocenters. The molecule has 2 N–H and O–H groups in total. The Labute approximate surface area is 131 Å². The number of guanidine groups is 1. The molecule has 1 aromatic carbocycles. The molecule has 5 nitrogen and oxygen atoms in total. The molecule has 1 rings (SSSR count). The van der Waals surface area contributed by atoms with Crippen molar-refractivity contribution in [1.82, 2.24) is 10.6 Å². The summed E-state index contributed by atoms with van der Waals surface area (Å²) in [5.41, 5.74) is 0.809. The number of esters is 1. The van der Waals surface area contributed by atoms with Gasteiger partial charge in [0.15, 0.2) is 5.96 Å². The van der Waals surface area contributed by atoms with Crippen molar-refractivity contribution in [1.29, 1.82) is 0 Å². The van der Waals surface area contributed by atoms with Crippen molar-refractivity contribution in [2.24, 2.45) is 4.99 Å². The highest BCUT2D eigenvalue weighted by Crippen LogP contribution is 2.04. The Hall–Kier alpha value is -2.11. The molecule has 0 amide bonds. The zero-order chi connectivity index (χ0) is 16.2. The number of halogens is 1. The van der Waals surface area contributed by atoms with E-state index in [1.807, 2.05) is 13.0 Å². The second-order valence-corrected chi connectivity index (χ2v) is 4.66. The van der Waals surface area contributed by atoms with Gasteiger partial charge in [0.25, 0.3) is 0 Å². The van der Waals surface area contributed by atoms with E-state index >= 15 is 0 Å². The van der Waals surface area contributed by atoms with Gasteiger partial charge in [0, 0.05) is 19.5 Å². The summed E-state index contributed by atoms with van der Waals surface area (Å²) in [5, 5.41) is 6.25. The molecule has 22 heavy (non-hydrogen) atoms. The minimum absolute atomic E-state index is 0.189. The second kappa shape index (κ2) is 10.6. The fourth-order valence-electron chi connectivity index (χ4n) is 1.82. The molecule has 0 bridgehead atoms. The first-order chi connectivity index (χ1) is 10.7. The van der Waals surface area contributed by atoms with Gasteiger partial charge in [0.05, 0.1) is 13.2 Å². The molecular weight excluding hydrogens is 285 g/mol. The normalized spacial score (nSPS) is 11.1. The van der Waals surface area contributed by atoms with Gasteiger partial charge in [-0.1, -0.05) is 12.1 Å². The molecule has 0 radical (unpaired) electrons. The number of rotatable bonds is 8. The molecule has 0 fully saturated rings. The molecule has 0 saturated carbocycles. The predicted octanol–water partition coefficient (Wildman–Crippen LogP) is 2.22. The lowest BCUT2D eigenvalue weighted by Crippen LogP contribution is -2.37. The van der Waals surface area contributed by atoms with Crippen LogP contribution in [0.4, 0.5) is 4.39 Å². The first-order valence-corrected chi connectivity index (χ1v) is 7.58. The Kier molecular flexibility index (Phi) is 8.64. The number of aliphatic imine (C=N–C) groups is 1. The Bertz CT molecular complexity index is 492. The average molecular weight is 309 g/mol. The molecule has 0 saturated heterocycles. The van der Waals surface area contributed by atoms with Crippen LogP contribution in [-0.4, -0.2) is 31.6 Å². The van der Waals surface area contributed by atoms with Crippen LogP contribution in [0, 0.1) is 5.82 Å². The zero-order valence-corrected chi connectivity index (χ0v) is 13.2. The van der Waals surface area contributed by atoms with E-state index in [4.69, 9.17) is 4.74 Å². The maximum absolute atomic E-state index is 13.1. The number of hydrogen-bond donors (Lipinski definition) is 2. The molecule has 122 valence electrons. The van der Waals surface area contributed by atoms with Gasteiger partial charge < -0.3 is 15.4 Å². The summed E-state index contributed by atoms with van der Waals surface area (Å²) < 4.78 is 18.0. The minimum Gasteiger partial charge on any atom is -0.466 e. The SMILES string of the molecule is CCNC(=NCc1cccc(F)c1)NCCCC(=O)OCC. The summed E-state index contributed by atoms with van der Waals surface area (Å²) >= 11 is 0. The van der Waals surface area contributed by atoms with E-state index in [9.17, 15) is 9.18 Å². The van der Waals surface area contributed by atoms with Gasteiger partial charge in [-0.25, -0.2) is 9.38 Å². The molecule has 0 aliphatic carbocycles. The highest BCUT2D eigenvalue weighted by Gasteiger charge is 2.02. The summed E-state index contributed by atoms with van der Waals surface area (Å²) in [6.45, 7) is 5.91. The average Bonchev–Trinajstić information content (AvgIpc) is 2.49. The summed E-state index contributed by atoms with van der Waals surface area (Å²) in [7, 11) is 0. The van der Waals surface area contributed by atoms with Crippen LogP contribution in [0.5, 0.6) is 0 Å². The van der Waals surface area contributed by atoms with Crippen LogP contribution in [0.2, 0.25) is 0 Å². The lowest BCUT2D eigenvalue weighted by molar-refractivity contribution is -0.143. The number of ether oxygens (including phenoxy) is 1. The van der Waals surface area contributed by atoms with E-state index < -0.39 is 0 Å². The van der Waals surface area contributed by atoms with E-state index in [1.165, 1.54) is 12.1 Å². The standard InChI is InChI=1S/C16H24FN3O2/c1-3-18-16(19-10-6-9-15(21)22-4-2)20-12-13-7-5-8-14(17)11-13/h5,7-8,11H,3-4,6,9-10,12H2,1-2H3,(H2,18,19,20). The minimum atomic E-state index is -0.264. The lowest BCUT2D eigenvalue weighted by Gasteiger charge is -2.11. The fraction of sp³-hybridized carbons (Fsp3) is 0.500. The highest BCUT2D eigenvalue weighted by atomic mass is 19.1. The molecule has 0 spiro atoms. The van der Waals surface area contributed by atoms with Gasteiger partial charge in [0.2, 0.25) is 0 Å². The first-order valence-electron chi connectivity index (χ1n) is 7.58. The Morgan fingerprint density at radius 2 is 2.14 bits per heavy atom. The number of hydrogen-bond acceptors (Lipinski definition) is 3. The predicted molar refractivity (Wildman–Crippen MR) is 85.1 cm³/mol. The Balaban J connectivity index is 2.40. The third-order valence-electron chi connectivity index (χ3n) is 2.81. The van der Waals surface area contributed by atoms with Crippen molar-refractivity contribution in [2.45, 2.75) is 33.2 Å². The number of nitrogens with zero attached hydrogens (tertiary/aromatic N) is 1. The van der Waals surface area contributed by atoms with Gasteiger partial charge in [-0.3, -0.25) is 4.79 Å². The van der Waals surface area contributed by atoms with Crippen molar-refractivity contribution in [2.75, 3.05) is 19.7 Å². The van der Waals surface area contributed by atoms with Crippen LogP contribution in [-0.2, 0) is 16.1 Å². The smallest absolute Gasteiger partial charge is 0.305 e. The molecule has 0 atom stereocenters. The van der Waals surface area contributed by atoms with E-state index in [0.717, 1.165) is 12.1 Å².